The summed E-state index contributed by atoms with van der Waals surface area (Å²) in [6.07, 6.45) is 3.54. The number of hydrogen-bond donors (Lipinski definition) is 3. The summed E-state index contributed by atoms with van der Waals surface area (Å²) in [4.78, 5) is 33.0. The molecule has 1 saturated heterocycles. The van der Waals surface area contributed by atoms with Gasteiger partial charge < -0.3 is 20.5 Å². The molecule has 3 aromatic rings. The maximum atomic E-state index is 9.10. The van der Waals surface area contributed by atoms with Crippen LogP contribution in [0, 0.1) is 0 Å². The molecule has 33 heavy (non-hydrogen) atoms. The van der Waals surface area contributed by atoms with E-state index in [-0.39, 0.29) is 0 Å². The van der Waals surface area contributed by atoms with E-state index < -0.39 is 11.9 Å². The van der Waals surface area contributed by atoms with E-state index in [0.29, 0.717) is 0 Å². The average Bonchev–Trinajstić information content (AvgIpc) is 3.37. The first-order valence-corrected chi connectivity index (χ1v) is 11.8. The third kappa shape index (κ3) is 5.41. The van der Waals surface area contributed by atoms with Crippen LogP contribution in [0.15, 0.2) is 24.3 Å². The Bertz CT molecular complexity index is 1160. The molecule has 0 atom stereocenters. The molecule has 174 valence electrons. The smallest absolute Gasteiger partial charge is 0.414 e. The van der Waals surface area contributed by atoms with Crippen LogP contribution in [0.1, 0.15) is 16.9 Å². The fourth-order valence-corrected chi connectivity index (χ4v) is 5.26. The Kier molecular flexibility index (Phi) is 7.08. The Hall–Kier alpha value is -2.79. The van der Waals surface area contributed by atoms with Crippen LogP contribution < -0.4 is 5.43 Å². The number of carbonyl (C=O) groups is 2. The van der Waals surface area contributed by atoms with Crippen molar-refractivity contribution in [2.45, 2.75) is 19.3 Å². The molecule has 1 aliphatic carbocycles. The summed E-state index contributed by atoms with van der Waals surface area (Å²) in [5, 5.41) is 19.0. The first kappa shape index (κ1) is 23.4. The molecule has 11 heteroatoms. The second kappa shape index (κ2) is 10.0. The number of piperazine rings is 1. The standard InChI is InChI=1S/C20H22ClN5S.C2H2O4/c1-25-9-11-26(12-10-25)24-19-17-15-3-2-4-16(15)27-20(17)23-18(22-19)13-5-7-14(21)8-6-13;3-1(4)2(5)6/h5-8H,2-4,9-12H2,1H3,(H,22,23,24);(H,3,4)(H,5,6). The third-order valence-electron chi connectivity index (χ3n) is 5.62. The number of halogens is 1. The molecule has 2 aromatic heterocycles. The highest BCUT2D eigenvalue weighted by Crippen LogP contribution is 2.40. The highest BCUT2D eigenvalue weighted by atomic mass is 35.5. The SMILES string of the molecule is CN1CCN(Nc2nc(-c3ccc(Cl)cc3)nc3sc4c(c23)CCC4)CC1.O=C(O)C(=O)O. The van der Waals surface area contributed by atoms with Gasteiger partial charge in [-0.3, -0.25) is 0 Å². The van der Waals surface area contributed by atoms with Crippen LogP contribution in [0.2, 0.25) is 5.02 Å². The number of carboxylic acid groups (broad SMARTS) is 2. The minimum atomic E-state index is -1.82. The Balaban J connectivity index is 0.000000385. The number of hydrogen-bond acceptors (Lipinski definition) is 8. The maximum absolute atomic E-state index is 9.10. The molecule has 1 aromatic carbocycles. The van der Waals surface area contributed by atoms with Gasteiger partial charge in [-0.15, -0.1) is 11.3 Å². The lowest BCUT2D eigenvalue weighted by atomic mass is 10.1. The number of nitrogens with zero attached hydrogens (tertiary/aromatic N) is 4. The number of aromatic nitrogens is 2. The van der Waals surface area contributed by atoms with Crippen LogP contribution in [0.25, 0.3) is 21.6 Å². The minimum Gasteiger partial charge on any atom is -0.473 e. The molecule has 0 amide bonds. The molecule has 0 saturated carbocycles. The zero-order valence-electron chi connectivity index (χ0n) is 18.0. The van der Waals surface area contributed by atoms with Crippen molar-refractivity contribution in [2.24, 2.45) is 0 Å². The summed E-state index contributed by atoms with van der Waals surface area (Å²) in [6, 6.07) is 7.77. The number of aryl methyl sites for hydroxylation is 2. The van der Waals surface area contributed by atoms with Crippen LogP contribution in [0.4, 0.5) is 5.82 Å². The van der Waals surface area contributed by atoms with Crippen molar-refractivity contribution in [1.29, 1.82) is 0 Å². The number of rotatable bonds is 3. The van der Waals surface area contributed by atoms with Crippen molar-refractivity contribution in [3.8, 4) is 11.4 Å². The van der Waals surface area contributed by atoms with Gasteiger partial charge in [0, 0.05) is 41.6 Å². The monoisotopic (exact) mass is 489 g/mol. The first-order valence-electron chi connectivity index (χ1n) is 10.6. The average molecular weight is 490 g/mol. The van der Waals surface area contributed by atoms with Gasteiger partial charge in [0.25, 0.3) is 0 Å². The predicted octanol–water partition coefficient (Wildman–Crippen LogP) is 3.23. The summed E-state index contributed by atoms with van der Waals surface area (Å²) in [6.45, 7) is 4.11. The first-order chi connectivity index (χ1) is 15.8. The van der Waals surface area contributed by atoms with E-state index in [9.17, 15) is 0 Å². The number of anilines is 1. The molecule has 0 unspecified atom stereocenters. The molecule has 1 aliphatic heterocycles. The molecule has 9 nitrogen and oxygen atoms in total. The molecule has 3 heterocycles. The van der Waals surface area contributed by atoms with Gasteiger partial charge >= 0.3 is 11.9 Å². The van der Waals surface area contributed by atoms with Crippen LogP contribution >= 0.6 is 22.9 Å². The number of hydrazine groups is 1. The van der Waals surface area contributed by atoms with Gasteiger partial charge in [-0.25, -0.2) is 24.6 Å². The zero-order chi connectivity index (χ0) is 23.5. The van der Waals surface area contributed by atoms with Crippen molar-refractivity contribution in [1.82, 2.24) is 19.9 Å². The molecule has 0 spiro atoms. The maximum Gasteiger partial charge on any atom is 0.414 e. The third-order valence-corrected chi connectivity index (χ3v) is 7.06. The van der Waals surface area contributed by atoms with E-state index in [0.717, 1.165) is 59.7 Å². The molecule has 0 bridgehead atoms. The van der Waals surface area contributed by atoms with Gasteiger partial charge in [0.05, 0.1) is 5.39 Å². The van der Waals surface area contributed by atoms with E-state index in [2.05, 4.69) is 22.4 Å². The van der Waals surface area contributed by atoms with E-state index in [1.165, 1.54) is 28.7 Å². The van der Waals surface area contributed by atoms with E-state index >= 15 is 0 Å². The number of fused-ring (bicyclic) bond motifs is 3. The number of aliphatic carboxylic acids is 2. The molecule has 2 aliphatic rings. The van der Waals surface area contributed by atoms with Gasteiger partial charge in [-0.2, -0.15) is 0 Å². The van der Waals surface area contributed by atoms with Crippen LogP contribution in [-0.4, -0.2) is 75.3 Å². The number of carboxylic acids is 2. The highest BCUT2D eigenvalue weighted by Gasteiger charge is 2.24. The van der Waals surface area contributed by atoms with Gasteiger partial charge in [-0.1, -0.05) is 11.6 Å². The van der Waals surface area contributed by atoms with Crippen molar-refractivity contribution in [3.05, 3.63) is 39.7 Å². The Morgan fingerprint density at radius 1 is 1.03 bits per heavy atom. The number of nitrogens with one attached hydrogen (secondary N) is 1. The van der Waals surface area contributed by atoms with Crippen LogP contribution in [0.5, 0.6) is 0 Å². The van der Waals surface area contributed by atoms with Crippen molar-refractivity contribution in [2.75, 3.05) is 38.7 Å². The summed E-state index contributed by atoms with van der Waals surface area (Å²) in [5.41, 5.74) is 6.07. The summed E-state index contributed by atoms with van der Waals surface area (Å²) < 4.78 is 0. The van der Waals surface area contributed by atoms with Gasteiger partial charge in [0.15, 0.2) is 11.6 Å². The van der Waals surface area contributed by atoms with Gasteiger partial charge in [-0.05, 0) is 56.1 Å². The number of benzene rings is 1. The van der Waals surface area contributed by atoms with E-state index in [4.69, 9.17) is 41.4 Å². The van der Waals surface area contributed by atoms with E-state index in [1.54, 1.807) is 0 Å². The van der Waals surface area contributed by atoms with Crippen molar-refractivity contribution >= 4 is 50.9 Å². The predicted molar refractivity (Wildman–Crippen MR) is 128 cm³/mol. The van der Waals surface area contributed by atoms with Gasteiger partial charge in [0.2, 0.25) is 0 Å². The normalized spacial score (nSPS) is 16.2. The summed E-state index contributed by atoms with van der Waals surface area (Å²) >= 11 is 7.89. The fourth-order valence-electron chi connectivity index (χ4n) is 3.87. The lowest BCUT2D eigenvalue weighted by Crippen LogP contribution is -2.47. The topological polar surface area (TPSA) is 119 Å². The molecular formula is C22H24ClN5O4S. The summed E-state index contributed by atoms with van der Waals surface area (Å²) in [5.74, 6) is -1.94. The lowest BCUT2D eigenvalue weighted by Gasteiger charge is -2.33. The van der Waals surface area contributed by atoms with E-state index in [1.807, 2.05) is 35.6 Å². The zero-order valence-corrected chi connectivity index (χ0v) is 19.6. The van der Waals surface area contributed by atoms with Crippen molar-refractivity contribution in [3.63, 3.8) is 0 Å². The quantitative estimate of drug-likeness (QED) is 0.476. The molecule has 0 radical (unpaired) electrons. The molecule has 5 rings (SSSR count). The fraction of sp³-hybridized carbons (Fsp3) is 0.364. The van der Waals surface area contributed by atoms with Crippen molar-refractivity contribution < 1.29 is 19.8 Å². The van der Waals surface area contributed by atoms with Crippen LogP contribution in [0.3, 0.4) is 0 Å². The summed E-state index contributed by atoms with van der Waals surface area (Å²) in [7, 11) is 2.17. The Morgan fingerprint density at radius 2 is 1.70 bits per heavy atom. The second-order valence-electron chi connectivity index (χ2n) is 7.95. The second-order valence-corrected chi connectivity index (χ2v) is 9.47. The Morgan fingerprint density at radius 3 is 2.33 bits per heavy atom. The Labute approximate surface area is 199 Å². The molecular weight excluding hydrogens is 466 g/mol. The molecule has 1 fully saturated rings. The minimum absolute atomic E-state index is 0.728. The van der Waals surface area contributed by atoms with Crippen LogP contribution in [-0.2, 0) is 22.4 Å². The van der Waals surface area contributed by atoms with Gasteiger partial charge in [0.1, 0.15) is 4.83 Å². The molecule has 3 N–H and O–H groups in total. The highest BCUT2D eigenvalue weighted by molar-refractivity contribution is 7.19. The largest absolute Gasteiger partial charge is 0.473 e. The number of likely N-dealkylation sites (N-methyl/N-ethyl adjacent to an activating group) is 1. The lowest BCUT2D eigenvalue weighted by molar-refractivity contribution is -0.159. The number of thiophene rings is 1.